The van der Waals surface area contributed by atoms with Crippen LogP contribution in [0.1, 0.15) is 33.1 Å². The molecule has 2 rings (SSSR count). The number of rotatable bonds is 3. The van der Waals surface area contributed by atoms with Crippen LogP contribution < -0.4 is 5.32 Å². The summed E-state index contributed by atoms with van der Waals surface area (Å²) in [5.74, 6) is 0.0432. The van der Waals surface area contributed by atoms with E-state index < -0.39 is 0 Å². The highest BCUT2D eigenvalue weighted by molar-refractivity contribution is 5.94. The Morgan fingerprint density at radius 2 is 1.94 bits per heavy atom. The summed E-state index contributed by atoms with van der Waals surface area (Å²) in [5.41, 5.74) is 0. The number of piperidine rings is 1. The van der Waals surface area contributed by atoms with Crippen molar-refractivity contribution in [3.05, 3.63) is 0 Å². The molecule has 1 unspecified atom stereocenters. The van der Waals surface area contributed by atoms with Crippen LogP contribution in [0.4, 0.5) is 0 Å². The van der Waals surface area contributed by atoms with E-state index >= 15 is 0 Å². The largest absolute Gasteiger partial charge is 0.345 e. The van der Waals surface area contributed by atoms with E-state index in [1.165, 1.54) is 6.42 Å². The molecule has 5 heteroatoms. The number of nitrogens with zero attached hydrogens (tertiary/aromatic N) is 2. The van der Waals surface area contributed by atoms with Crippen molar-refractivity contribution in [2.75, 3.05) is 26.2 Å². The van der Waals surface area contributed by atoms with Gasteiger partial charge in [0.25, 0.3) is 0 Å². The maximum atomic E-state index is 12.0. The number of carbonyl (C=O) groups excluding carboxylic acids is 2. The van der Waals surface area contributed by atoms with Gasteiger partial charge in [-0.3, -0.25) is 9.59 Å². The Labute approximate surface area is 108 Å². The maximum absolute atomic E-state index is 12.0. The van der Waals surface area contributed by atoms with E-state index in [9.17, 15) is 9.59 Å². The van der Waals surface area contributed by atoms with Crippen LogP contribution in [0.2, 0.25) is 0 Å². The van der Waals surface area contributed by atoms with Gasteiger partial charge in [-0.1, -0.05) is 6.92 Å². The molecule has 1 N–H and O–H groups in total. The van der Waals surface area contributed by atoms with E-state index in [1.54, 1.807) is 0 Å². The normalized spacial score (nSPS) is 27.4. The quantitative estimate of drug-likeness (QED) is 0.782. The summed E-state index contributed by atoms with van der Waals surface area (Å²) in [5, 5.41) is 2.64. The minimum Gasteiger partial charge on any atom is -0.345 e. The van der Waals surface area contributed by atoms with Gasteiger partial charge >= 0.3 is 0 Å². The minimum absolute atomic E-state index is 0.0226. The van der Waals surface area contributed by atoms with E-state index in [0.717, 1.165) is 32.5 Å². The highest BCUT2D eigenvalue weighted by atomic mass is 16.2. The van der Waals surface area contributed by atoms with Gasteiger partial charge in [-0.05, 0) is 32.7 Å². The number of carbonyl (C=O) groups is 2. The van der Waals surface area contributed by atoms with Gasteiger partial charge in [-0.25, -0.2) is 0 Å². The molecule has 18 heavy (non-hydrogen) atoms. The zero-order valence-electron chi connectivity index (χ0n) is 11.3. The summed E-state index contributed by atoms with van der Waals surface area (Å²) < 4.78 is 0. The zero-order chi connectivity index (χ0) is 13.1. The minimum atomic E-state index is -0.311. The molecule has 0 bridgehead atoms. The predicted molar refractivity (Wildman–Crippen MR) is 69.1 cm³/mol. The van der Waals surface area contributed by atoms with Gasteiger partial charge in [0, 0.05) is 19.1 Å². The molecule has 0 saturated carbocycles. The molecule has 2 fully saturated rings. The Bertz CT molecular complexity index is 324. The molecule has 102 valence electrons. The van der Waals surface area contributed by atoms with E-state index in [2.05, 4.69) is 17.1 Å². The van der Waals surface area contributed by atoms with Gasteiger partial charge in [0.15, 0.2) is 0 Å². The summed E-state index contributed by atoms with van der Waals surface area (Å²) >= 11 is 0. The summed E-state index contributed by atoms with van der Waals surface area (Å²) in [6, 6.07) is -0.0689. The molecule has 2 amide bonds. The first-order chi connectivity index (χ1) is 8.63. The summed E-state index contributed by atoms with van der Waals surface area (Å²) in [6.45, 7) is 7.39. The topological polar surface area (TPSA) is 52.6 Å². The van der Waals surface area contributed by atoms with Gasteiger partial charge in [0.2, 0.25) is 11.8 Å². The predicted octanol–water partition coefficient (Wildman–Crippen LogP) is 0.208. The highest BCUT2D eigenvalue weighted by Crippen LogP contribution is 2.20. The van der Waals surface area contributed by atoms with Crippen molar-refractivity contribution in [1.82, 2.24) is 15.1 Å². The second-order valence-electron chi connectivity index (χ2n) is 5.27. The fraction of sp³-hybridized carbons (Fsp3) is 0.846. The lowest BCUT2D eigenvalue weighted by Crippen LogP contribution is -2.61. The molecule has 1 atom stereocenters. The first-order valence-electron chi connectivity index (χ1n) is 6.94. The van der Waals surface area contributed by atoms with Crippen molar-refractivity contribution >= 4 is 11.8 Å². The van der Waals surface area contributed by atoms with Crippen LogP contribution in [0, 0.1) is 0 Å². The molecule has 0 aromatic rings. The molecule has 2 aliphatic rings. The van der Waals surface area contributed by atoms with E-state index in [4.69, 9.17) is 0 Å². The van der Waals surface area contributed by atoms with Crippen molar-refractivity contribution in [3.8, 4) is 0 Å². The summed E-state index contributed by atoms with van der Waals surface area (Å²) in [7, 11) is 0. The lowest BCUT2D eigenvalue weighted by molar-refractivity contribution is -0.148. The van der Waals surface area contributed by atoms with Gasteiger partial charge in [-0.15, -0.1) is 0 Å². The van der Waals surface area contributed by atoms with Gasteiger partial charge in [0.05, 0.1) is 6.54 Å². The number of piperazine rings is 1. The van der Waals surface area contributed by atoms with Crippen molar-refractivity contribution in [2.45, 2.75) is 45.2 Å². The average molecular weight is 253 g/mol. The van der Waals surface area contributed by atoms with Crippen LogP contribution in [-0.2, 0) is 9.59 Å². The third-order valence-corrected chi connectivity index (χ3v) is 3.99. The molecule has 2 saturated heterocycles. The Kier molecular flexibility index (Phi) is 4.22. The monoisotopic (exact) mass is 253 g/mol. The molecule has 0 spiro atoms. The molecule has 0 aromatic carbocycles. The van der Waals surface area contributed by atoms with Crippen LogP contribution in [-0.4, -0.2) is 59.9 Å². The fourth-order valence-electron chi connectivity index (χ4n) is 3.00. The molecular formula is C13H23N3O2. The van der Waals surface area contributed by atoms with Gasteiger partial charge < -0.3 is 15.1 Å². The van der Waals surface area contributed by atoms with Crippen LogP contribution in [0.25, 0.3) is 0 Å². The van der Waals surface area contributed by atoms with E-state index in [0.29, 0.717) is 0 Å². The van der Waals surface area contributed by atoms with Crippen LogP contribution in [0.15, 0.2) is 0 Å². The molecule has 0 aromatic heterocycles. The van der Waals surface area contributed by atoms with Crippen molar-refractivity contribution in [1.29, 1.82) is 0 Å². The number of amides is 2. The molecule has 2 heterocycles. The zero-order valence-corrected chi connectivity index (χ0v) is 11.3. The number of hydrogen-bond donors (Lipinski definition) is 1. The Morgan fingerprint density at radius 3 is 2.56 bits per heavy atom. The standard InChI is InChI=1S/C13H23N3O2/c1-3-6-15-7-4-11(5-8-15)16-10(2)13(18)14-9-12(16)17/h10-11H,3-9H2,1-2H3,(H,14,18). The first-order valence-corrected chi connectivity index (χ1v) is 6.94. The molecule has 0 aliphatic carbocycles. The van der Waals surface area contributed by atoms with Gasteiger partial charge in [0.1, 0.15) is 6.04 Å². The first kappa shape index (κ1) is 13.3. The van der Waals surface area contributed by atoms with Crippen LogP contribution in [0.3, 0.4) is 0 Å². The number of likely N-dealkylation sites (tertiary alicyclic amines) is 1. The van der Waals surface area contributed by atoms with Gasteiger partial charge in [-0.2, -0.15) is 0 Å². The van der Waals surface area contributed by atoms with Crippen molar-refractivity contribution < 1.29 is 9.59 Å². The lowest BCUT2D eigenvalue weighted by Gasteiger charge is -2.42. The molecule has 0 radical (unpaired) electrons. The second-order valence-corrected chi connectivity index (χ2v) is 5.27. The highest BCUT2D eigenvalue weighted by Gasteiger charge is 2.37. The smallest absolute Gasteiger partial charge is 0.242 e. The van der Waals surface area contributed by atoms with E-state index in [-0.39, 0.29) is 30.4 Å². The van der Waals surface area contributed by atoms with Crippen molar-refractivity contribution in [3.63, 3.8) is 0 Å². The second kappa shape index (κ2) is 5.69. The lowest BCUT2D eigenvalue weighted by atomic mass is 9.99. The number of hydrogen-bond acceptors (Lipinski definition) is 3. The molecular weight excluding hydrogens is 230 g/mol. The third-order valence-electron chi connectivity index (χ3n) is 3.99. The summed E-state index contributed by atoms with van der Waals surface area (Å²) in [6.07, 6.45) is 3.15. The van der Waals surface area contributed by atoms with Crippen molar-refractivity contribution in [2.24, 2.45) is 0 Å². The fourth-order valence-corrected chi connectivity index (χ4v) is 3.00. The summed E-state index contributed by atoms with van der Waals surface area (Å²) in [4.78, 5) is 27.8. The molecule has 2 aliphatic heterocycles. The maximum Gasteiger partial charge on any atom is 0.242 e. The van der Waals surface area contributed by atoms with Crippen LogP contribution in [0.5, 0.6) is 0 Å². The van der Waals surface area contributed by atoms with Crippen LogP contribution >= 0.6 is 0 Å². The van der Waals surface area contributed by atoms with E-state index in [1.807, 2.05) is 11.8 Å². The Morgan fingerprint density at radius 1 is 1.28 bits per heavy atom. The Balaban J connectivity index is 1.95. The SMILES string of the molecule is CCCN1CCC(N2C(=O)CNC(=O)C2C)CC1. The number of nitrogens with one attached hydrogen (secondary N) is 1. The Hall–Kier alpha value is -1.10. The third kappa shape index (κ3) is 2.66. The molecule has 5 nitrogen and oxygen atoms in total. The average Bonchev–Trinajstić information content (AvgIpc) is 2.37.